The molecule has 0 radical (unpaired) electrons. The van der Waals surface area contributed by atoms with E-state index >= 15 is 0 Å². The van der Waals surface area contributed by atoms with Gasteiger partial charge in [0.05, 0.1) is 0 Å². The quantitative estimate of drug-likeness (QED) is 0.757. The number of halogens is 1. The summed E-state index contributed by atoms with van der Waals surface area (Å²) in [5.41, 5.74) is 4.98. The van der Waals surface area contributed by atoms with E-state index in [1.54, 1.807) is 11.6 Å². The Bertz CT molecular complexity index is 486. The Morgan fingerprint density at radius 3 is 2.89 bits per heavy atom. The Morgan fingerprint density at radius 1 is 1.39 bits per heavy atom. The second-order valence-electron chi connectivity index (χ2n) is 4.06. The lowest BCUT2D eigenvalue weighted by molar-refractivity contribution is 0.0932. The molecule has 0 saturated heterocycles. The molecule has 0 fully saturated rings. The summed E-state index contributed by atoms with van der Waals surface area (Å²) in [6, 6.07) is 1.29. The molecule has 0 unspecified atom stereocenters. The normalized spacial score (nSPS) is 14.1. The molecule has 2 heterocycles. The third-order valence-electron chi connectivity index (χ3n) is 2.84. The zero-order chi connectivity index (χ0) is 12.3. The lowest BCUT2D eigenvalue weighted by atomic mass is 10.2. The number of nitrogens with one attached hydrogen (secondary N) is 2. The number of aryl methyl sites for hydroxylation is 1. The van der Waals surface area contributed by atoms with Crippen LogP contribution in [0.3, 0.4) is 0 Å². The number of nitrogens with zero attached hydrogens (tertiary/aromatic N) is 2. The minimum absolute atomic E-state index is 0. The molecule has 0 aromatic carbocycles. The molecule has 1 aromatic rings. The molecule has 1 aliphatic rings. The SMILES string of the molecule is CNNC(=O)c1cc(=O)n2c(n1)CCCCC2.Cl. The number of hydrogen-bond acceptors (Lipinski definition) is 4. The van der Waals surface area contributed by atoms with Crippen LogP contribution < -0.4 is 16.4 Å². The van der Waals surface area contributed by atoms with Crippen LogP contribution in [0.25, 0.3) is 0 Å². The third kappa shape index (κ3) is 3.08. The summed E-state index contributed by atoms with van der Waals surface area (Å²) in [5, 5.41) is 0. The Morgan fingerprint density at radius 2 is 2.17 bits per heavy atom. The number of hydrogen-bond donors (Lipinski definition) is 2. The first-order chi connectivity index (χ1) is 8.22. The maximum Gasteiger partial charge on any atom is 0.284 e. The molecule has 6 nitrogen and oxygen atoms in total. The Labute approximate surface area is 111 Å². The van der Waals surface area contributed by atoms with Crippen molar-refractivity contribution < 1.29 is 4.79 Å². The van der Waals surface area contributed by atoms with Crippen molar-refractivity contribution in [3.8, 4) is 0 Å². The lowest BCUT2D eigenvalue weighted by Crippen LogP contribution is -2.36. The van der Waals surface area contributed by atoms with Crippen LogP contribution in [0.15, 0.2) is 10.9 Å². The highest BCUT2D eigenvalue weighted by Crippen LogP contribution is 2.10. The molecule has 2 N–H and O–H groups in total. The number of hydrazine groups is 1. The van der Waals surface area contributed by atoms with E-state index in [0.717, 1.165) is 31.5 Å². The van der Waals surface area contributed by atoms with Gasteiger partial charge in [-0.05, 0) is 12.8 Å². The molecule has 0 bridgehead atoms. The standard InChI is InChI=1S/C11H16N4O2.ClH/c1-12-14-11(17)8-7-10(16)15-6-4-2-3-5-9(15)13-8;/h7,12H,2-6H2,1H3,(H,14,17);1H. The van der Waals surface area contributed by atoms with Crippen LogP contribution in [0.5, 0.6) is 0 Å². The van der Waals surface area contributed by atoms with Crippen LogP contribution in [-0.2, 0) is 13.0 Å². The number of rotatable bonds is 2. The molecule has 2 rings (SSSR count). The van der Waals surface area contributed by atoms with Gasteiger partial charge >= 0.3 is 0 Å². The predicted octanol–water partition coefficient (Wildman–Crippen LogP) is 0.256. The fraction of sp³-hybridized carbons (Fsp3) is 0.545. The topological polar surface area (TPSA) is 76.0 Å². The van der Waals surface area contributed by atoms with Gasteiger partial charge in [0, 0.05) is 26.1 Å². The molecule has 1 aromatic heterocycles. The maximum atomic E-state index is 11.9. The Kier molecular flexibility index (Phi) is 5.30. The zero-order valence-electron chi connectivity index (χ0n) is 10.2. The van der Waals surface area contributed by atoms with Crippen LogP contribution in [-0.4, -0.2) is 22.5 Å². The van der Waals surface area contributed by atoms with E-state index in [9.17, 15) is 9.59 Å². The first-order valence-corrected chi connectivity index (χ1v) is 5.80. The van der Waals surface area contributed by atoms with Gasteiger partial charge in [-0.15, -0.1) is 12.4 Å². The molecule has 100 valence electrons. The van der Waals surface area contributed by atoms with Gasteiger partial charge in [0.1, 0.15) is 11.5 Å². The van der Waals surface area contributed by atoms with Crippen molar-refractivity contribution in [2.75, 3.05) is 7.05 Å². The summed E-state index contributed by atoms with van der Waals surface area (Å²) >= 11 is 0. The average Bonchev–Trinajstić information content (AvgIpc) is 2.54. The number of carbonyl (C=O) groups excluding carboxylic acids is 1. The molecule has 1 amide bonds. The Hall–Kier alpha value is -1.40. The molecule has 7 heteroatoms. The fourth-order valence-electron chi connectivity index (χ4n) is 2.01. The molecule has 0 aliphatic carbocycles. The van der Waals surface area contributed by atoms with Crippen molar-refractivity contribution in [1.82, 2.24) is 20.4 Å². The fourth-order valence-corrected chi connectivity index (χ4v) is 2.01. The van der Waals surface area contributed by atoms with Gasteiger partial charge in [-0.1, -0.05) is 6.42 Å². The first kappa shape index (κ1) is 14.7. The van der Waals surface area contributed by atoms with Gasteiger partial charge in [0.15, 0.2) is 0 Å². The predicted molar refractivity (Wildman–Crippen MR) is 69.8 cm³/mol. The van der Waals surface area contributed by atoms with E-state index in [-0.39, 0.29) is 29.6 Å². The summed E-state index contributed by atoms with van der Waals surface area (Å²) < 4.78 is 1.67. The van der Waals surface area contributed by atoms with Crippen LogP contribution in [0.1, 0.15) is 35.6 Å². The molecular weight excluding hydrogens is 256 g/mol. The number of aromatic nitrogens is 2. The average molecular weight is 273 g/mol. The minimum atomic E-state index is -0.378. The van der Waals surface area contributed by atoms with Gasteiger partial charge in [0.25, 0.3) is 11.5 Å². The summed E-state index contributed by atoms with van der Waals surface area (Å²) in [6.07, 6.45) is 3.87. The summed E-state index contributed by atoms with van der Waals surface area (Å²) in [5.74, 6) is 0.341. The van der Waals surface area contributed by atoms with E-state index < -0.39 is 0 Å². The Balaban J connectivity index is 0.00000162. The number of fused-ring (bicyclic) bond motifs is 1. The van der Waals surface area contributed by atoms with Gasteiger partial charge in [-0.25, -0.2) is 10.4 Å². The van der Waals surface area contributed by atoms with Crippen molar-refractivity contribution in [3.05, 3.63) is 27.9 Å². The maximum absolute atomic E-state index is 11.9. The monoisotopic (exact) mass is 272 g/mol. The first-order valence-electron chi connectivity index (χ1n) is 5.80. The zero-order valence-corrected chi connectivity index (χ0v) is 11.0. The molecule has 0 saturated carbocycles. The van der Waals surface area contributed by atoms with Crippen molar-refractivity contribution in [3.63, 3.8) is 0 Å². The molecule has 18 heavy (non-hydrogen) atoms. The third-order valence-corrected chi connectivity index (χ3v) is 2.84. The smallest absolute Gasteiger partial charge is 0.284 e. The largest absolute Gasteiger partial charge is 0.297 e. The summed E-state index contributed by atoms with van der Waals surface area (Å²) in [4.78, 5) is 27.7. The molecule has 0 spiro atoms. The van der Waals surface area contributed by atoms with Gasteiger partial charge in [-0.2, -0.15) is 0 Å². The van der Waals surface area contributed by atoms with Crippen LogP contribution in [0, 0.1) is 0 Å². The van der Waals surface area contributed by atoms with E-state index in [1.807, 2.05) is 0 Å². The molecular formula is C11H17ClN4O2. The second-order valence-corrected chi connectivity index (χ2v) is 4.06. The van der Waals surface area contributed by atoms with Crippen molar-refractivity contribution >= 4 is 18.3 Å². The van der Waals surface area contributed by atoms with Crippen LogP contribution in [0.4, 0.5) is 0 Å². The number of carbonyl (C=O) groups is 1. The second kappa shape index (κ2) is 6.51. The number of amides is 1. The van der Waals surface area contributed by atoms with Crippen molar-refractivity contribution in [1.29, 1.82) is 0 Å². The van der Waals surface area contributed by atoms with Crippen molar-refractivity contribution in [2.24, 2.45) is 0 Å². The van der Waals surface area contributed by atoms with E-state index in [0.29, 0.717) is 6.54 Å². The van der Waals surface area contributed by atoms with Gasteiger partial charge in [-0.3, -0.25) is 19.6 Å². The van der Waals surface area contributed by atoms with E-state index in [2.05, 4.69) is 15.8 Å². The highest BCUT2D eigenvalue weighted by atomic mass is 35.5. The minimum Gasteiger partial charge on any atom is -0.297 e. The van der Waals surface area contributed by atoms with E-state index in [1.165, 1.54) is 6.07 Å². The van der Waals surface area contributed by atoms with E-state index in [4.69, 9.17) is 0 Å². The lowest BCUT2D eigenvalue weighted by Gasteiger charge is -2.09. The van der Waals surface area contributed by atoms with Crippen LogP contribution in [0.2, 0.25) is 0 Å². The van der Waals surface area contributed by atoms with Gasteiger partial charge in [0.2, 0.25) is 0 Å². The summed E-state index contributed by atoms with van der Waals surface area (Å²) in [6.45, 7) is 0.703. The summed E-state index contributed by atoms with van der Waals surface area (Å²) in [7, 11) is 1.59. The van der Waals surface area contributed by atoms with Crippen LogP contribution >= 0.6 is 12.4 Å². The highest BCUT2D eigenvalue weighted by molar-refractivity contribution is 5.91. The van der Waals surface area contributed by atoms with Gasteiger partial charge < -0.3 is 0 Å². The molecule has 1 aliphatic heterocycles. The van der Waals surface area contributed by atoms with Crippen molar-refractivity contribution in [2.45, 2.75) is 32.2 Å². The highest BCUT2D eigenvalue weighted by Gasteiger charge is 2.15. The molecule has 0 atom stereocenters.